The lowest BCUT2D eigenvalue weighted by atomic mass is 9.84. The average Bonchev–Trinajstić information content (AvgIpc) is 2.84. The molecule has 0 radical (unpaired) electrons. The molecule has 0 saturated carbocycles. The number of hydrogen-bond donors (Lipinski definition) is 5. The Morgan fingerprint density at radius 1 is 1.19 bits per heavy atom. The molecule has 2 aliphatic rings. The summed E-state index contributed by atoms with van der Waals surface area (Å²) >= 11 is 0. The first kappa shape index (κ1) is 31.0. The summed E-state index contributed by atoms with van der Waals surface area (Å²) in [4.78, 5) is 12.0. The number of nitrogens with one attached hydrogen (secondary N) is 3. The minimum atomic E-state index is -0.961. The summed E-state index contributed by atoms with van der Waals surface area (Å²) in [5, 5.41) is 20.8. The molecule has 8 nitrogen and oxygen atoms in total. The molecule has 2 aliphatic heterocycles. The number of carbonyl (C=O) groups excluding carboxylic acids is 1. The number of phenols is 1. The summed E-state index contributed by atoms with van der Waals surface area (Å²) in [5.74, 6) is 1.87. The van der Waals surface area contributed by atoms with E-state index in [2.05, 4.69) is 28.1 Å². The second-order valence-electron chi connectivity index (χ2n) is 10.00. The van der Waals surface area contributed by atoms with Gasteiger partial charge in [-0.05, 0) is 94.9 Å². The molecule has 0 amide bonds. The number of rotatable bonds is 8. The van der Waals surface area contributed by atoms with Crippen LogP contribution in [0.3, 0.4) is 0 Å². The maximum absolute atomic E-state index is 12.0. The number of benzene rings is 2. The zero-order chi connectivity index (χ0) is 25.3. The van der Waals surface area contributed by atoms with E-state index in [0.29, 0.717) is 12.2 Å². The third-order valence-electron chi connectivity index (χ3n) is 7.43. The normalized spacial score (nSPS) is 23.7. The highest BCUT2D eigenvalue weighted by Gasteiger charge is 2.42. The molecule has 0 aliphatic carbocycles. The molecule has 4 unspecified atom stereocenters. The van der Waals surface area contributed by atoms with Gasteiger partial charge in [-0.25, -0.2) is 0 Å². The van der Waals surface area contributed by atoms with Crippen LogP contribution in [0.1, 0.15) is 48.1 Å². The van der Waals surface area contributed by atoms with Crippen molar-refractivity contribution in [1.29, 1.82) is 0 Å². The van der Waals surface area contributed by atoms with Gasteiger partial charge in [0.15, 0.2) is 11.9 Å². The number of ether oxygens (including phenoxy) is 2. The highest BCUT2D eigenvalue weighted by molar-refractivity contribution is 5.85. The van der Waals surface area contributed by atoms with Gasteiger partial charge in [-0.1, -0.05) is 6.07 Å². The highest BCUT2D eigenvalue weighted by Crippen LogP contribution is 2.43. The van der Waals surface area contributed by atoms with E-state index in [0.717, 1.165) is 77.3 Å². The standard InChI is InChI=1S/C27H38N4O4.2ClH/c1-15-16(2)25-20(17(3)24(15)33)12-23(27(5,14-32)35-25)30-10-6-9-29-13-19-7-8-22-21(11-19)31-26(28)18(4)34-22;;/h7-8,11,14,18,23,26,29-31,33H,6,9-10,12-13,28H2,1-5H3;2*1H. The third kappa shape index (κ3) is 6.26. The van der Waals surface area contributed by atoms with E-state index in [9.17, 15) is 9.90 Å². The van der Waals surface area contributed by atoms with E-state index >= 15 is 0 Å². The monoisotopic (exact) mass is 554 g/mol. The summed E-state index contributed by atoms with van der Waals surface area (Å²) in [5.41, 5.74) is 10.6. The molecule has 0 saturated heterocycles. The van der Waals surface area contributed by atoms with Gasteiger partial charge in [0.25, 0.3) is 0 Å². The van der Waals surface area contributed by atoms with Gasteiger partial charge in [0.2, 0.25) is 0 Å². The predicted octanol–water partition coefficient (Wildman–Crippen LogP) is 3.67. The summed E-state index contributed by atoms with van der Waals surface area (Å²) in [7, 11) is 0. The minimum Gasteiger partial charge on any atom is -0.507 e. The van der Waals surface area contributed by atoms with E-state index in [1.165, 1.54) is 0 Å². The third-order valence-corrected chi connectivity index (χ3v) is 7.43. The number of nitrogens with two attached hydrogens (primary N) is 1. The number of fused-ring (bicyclic) bond motifs is 2. The van der Waals surface area contributed by atoms with Crippen molar-refractivity contribution < 1.29 is 19.4 Å². The van der Waals surface area contributed by atoms with Crippen molar-refractivity contribution in [3.8, 4) is 17.2 Å². The van der Waals surface area contributed by atoms with Crippen LogP contribution in [0.15, 0.2) is 18.2 Å². The fourth-order valence-electron chi connectivity index (χ4n) is 4.83. The molecular weight excluding hydrogens is 515 g/mol. The van der Waals surface area contributed by atoms with E-state index < -0.39 is 5.60 Å². The number of aldehydes is 1. The van der Waals surface area contributed by atoms with Crippen LogP contribution < -0.4 is 31.2 Å². The lowest BCUT2D eigenvalue weighted by molar-refractivity contribution is -0.123. The molecule has 206 valence electrons. The summed E-state index contributed by atoms with van der Waals surface area (Å²) in [6.45, 7) is 11.8. The number of carbonyl (C=O) groups is 1. The molecule has 0 spiro atoms. The summed E-state index contributed by atoms with van der Waals surface area (Å²) in [6, 6.07) is 5.93. The molecule has 6 N–H and O–H groups in total. The van der Waals surface area contributed by atoms with Crippen LogP contribution >= 0.6 is 24.8 Å². The quantitative estimate of drug-likeness (QED) is 0.248. The van der Waals surface area contributed by atoms with Crippen molar-refractivity contribution in [3.05, 3.63) is 46.0 Å². The van der Waals surface area contributed by atoms with Crippen LogP contribution in [-0.2, 0) is 17.8 Å². The predicted molar refractivity (Wildman–Crippen MR) is 152 cm³/mol. The molecule has 2 aromatic carbocycles. The van der Waals surface area contributed by atoms with E-state index in [1.54, 1.807) is 0 Å². The molecule has 37 heavy (non-hydrogen) atoms. The Morgan fingerprint density at radius 3 is 2.62 bits per heavy atom. The smallest absolute Gasteiger partial charge is 0.176 e. The van der Waals surface area contributed by atoms with Gasteiger partial charge >= 0.3 is 0 Å². The SMILES string of the molecule is Cc1c(C)c2c(c(C)c1O)CC(NCCCNCc1ccc3c(c1)NC(N)C(C)O3)C(C)(C=O)O2.Cl.Cl. The van der Waals surface area contributed by atoms with Crippen molar-refractivity contribution in [2.45, 2.75) is 77.9 Å². The Balaban J connectivity index is 0.00000241. The highest BCUT2D eigenvalue weighted by atomic mass is 35.5. The van der Waals surface area contributed by atoms with Gasteiger partial charge in [0.1, 0.15) is 29.5 Å². The number of hydrogen-bond acceptors (Lipinski definition) is 8. The summed E-state index contributed by atoms with van der Waals surface area (Å²) in [6.07, 6.45) is 2.13. The van der Waals surface area contributed by atoms with E-state index in [1.807, 2.05) is 40.7 Å². The average molecular weight is 556 g/mol. The molecule has 2 aromatic rings. The van der Waals surface area contributed by atoms with Crippen LogP contribution in [0, 0.1) is 20.8 Å². The van der Waals surface area contributed by atoms with Crippen LogP contribution in [0.4, 0.5) is 5.69 Å². The van der Waals surface area contributed by atoms with Crippen molar-refractivity contribution in [3.63, 3.8) is 0 Å². The maximum atomic E-state index is 12.0. The van der Waals surface area contributed by atoms with Crippen LogP contribution in [0.5, 0.6) is 17.2 Å². The molecule has 2 heterocycles. The van der Waals surface area contributed by atoms with Crippen molar-refractivity contribution in [1.82, 2.24) is 10.6 Å². The van der Waals surface area contributed by atoms with Crippen LogP contribution in [0.25, 0.3) is 0 Å². The van der Waals surface area contributed by atoms with Gasteiger partial charge in [0.05, 0.1) is 11.7 Å². The Labute approximate surface area is 231 Å². The van der Waals surface area contributed by atoms with Gasteiger partial charge in [-0.2, -0.15) is 0 Å². The Morgan fingerprint density at radius 2 is 1.92 bits per heavy atom. The topological polar surface area (TPSA) is 118 Å². The lowest BCUT2D eigenvalue weighted by Crippen LogP contribution is -2.57. The van der Waals surface area contributed by atoms with Gasteiger partial charge < -0.3 is 36.3 Å². The molecule has 10 heteroatoms. The first-order valence-corrected chi connectivity index (χ1v) is 12.4. The van der Waals surface area contributed by atoms with Crippen LogP contribution in [-0.4, -0.2) is 48.4 Å². The van der Waals surface area contributed by atoms with E-state index in [-0.39, 0.29) is 43.1 Å². The van der Waals surface area contributed by atoms with Crippen LogP contribution in [0.2, 0.25) is 0 Å². The molecule has 0 fully saturated rings. The second kappa shape index (κ2) is 12.5. The zero-order valence-corrected chi connectivity index (χ0v) is 23.8. The van der Waals surface area contributed by atoms with Gasteiger partial charge in [-0.15, -0.1) is 24.8 Å². The molecular formula is C27H40Cl2N4O4. The number of phenolic OH excluding ortho intramolecular Hbond substituents is 1. The molecule has 0 bridgehead atoms. The van der Waals surface area contributed by atoms with Gasteiger partial charge in [-0.3, -0.25) is 4.79 Å². The summed E-state index contributed by atoms with van der Waals surface area (Å²) < 4.78 is 12.1. The number of anilines is 1. The molecule has 4 rings (SSSR count). The first-order valence-electron chi connectivity index (χ1n) is 12.4. The number of halogens is 2. The first-order chi connectivity index (χ1) is 16.6. The largest absolute Gasteiger partial charge is 0.507 e. The Bertz CT molecular complexity index is 1120. The molecule has 4 atom stereocenters. The maximum Gasteiger partial charge on any atom is 0.176 e. The Kier molecular flexibility index (Phi) is 10.5. The van der Waals surface area contributed by atoms with E-state index in [4.69, 9.17) is 15.2 Å². The van der Waals surface area contributed by atoms with Crippen molar-refractivity contribution in [2.24, 2.45) is 5.73 Å². The minimum absolute atomic E-state index is 0. The van der Waals surface area contributed by atoms with Gasteiger partial charge in [0, 0.05) is 12.1 Å². The lowest BCUT2D eigenvalue weighted by Gasteiger charge is -2.41. The molecule has 0 aromatic heterocycles. The second-order valence-corrected chi connectivity index (χ2v) is 10.00. The zero-order valence-electron chi connectivity index (χ0n) is 22.1. The van der Waals surface area contributed by atoms with Crippen molar-refractivity contribution in [2.75, 3.05) is 18.4 Å². The fraction of sp³-hybridized carbons (Fsp3) is 0.519. The Hall–Kier alpha value is -2.23. The van der Waals surface area contributed by atoms with Crippen molar-refractivity contribution >= 4 is 36.8 Å². The number of aromatic hydroxyl groups is 1. The fourth-order valence-corrected chi connectivity index (χ4v) is 4.83.